The predicted molar refractivity (Wildman–Crippen MR) is 76.2 cm³/mol. The molecule has 0 spiro atoms. The van der Waals surface area contributed by atoms with Gasteiger partial charge in [0.05, 0.1) is 12.8 Å². The fourth-order valence-corrected chi connectivity index (χ4v) is 1.39. The molecule has 6 heteroatoms. The van der Waals surface area contributed by atoms with Gasteiger partial charge in [-0.1, -0.05) is 20.8 Å². The fraction of sp³-hybridized carbons (Fsp3) is 0.357. The molecule has 0 aliphatic heterocycles. The van der Waals surface area contributed by atoms with Crippen molar-refractivity contribution in [3.8, 4) is 0 Å². The molecule has 0 unspecified atom stereocenters. The first kappa shape index (κ1) is 14.0. The summed E-state index contributed by atoms with van der Waals surface area (Å²) in [6, 6.07) is 7.17. The standard InChI is InChI=1S/C14H18N4O2/c1-14(2,3)13(19)16-12-7-6-11(17-18-12)15-9-10-5-4-8-20-10/h4-8H,9H2,1-3H3,(H,15,17)(H,16,18,19). The van der Waals surface area contributed by atoms with Gasteiger partial charge in [-0.3, -0.25) is 4.79 Å². The zero-order chi connectivity index (χ0) is 14.6. The molecule has 2 rings (SSSR count). The van der Waals surface area contributed by atoms with Crippen molar-refractivity contribution in [1.29, 1.82) is 0 Å². The number of nitrogens with zero attached hydrogens (tertiary/aromatic N) is 2. The van der Waals surface area contributed by atoms with Gasteiger partial charge in [-0.15, -0.1) is 10.2 Å². The monoisotopic (exact) mass is 274 g/mol. The minimum Gasteiger partial charge on any atom is -0.467 e. The smallest absolute Gasteiger partial charge is 0.230 e. The molecule has 1 amide bonds. The molecule has 20 heavy (non-hydrogen) atoms. The maximum Gasteiger partial charge on any atom is 0.230 e. The zero-order valence-corrected chi connectivity index (χ0v) is 11.8. The van der Waals surface area contributed by atoms with Crippen molar-refractivity contribution in [3.05, 3.63) is 36.3 Å². The van der Waals surface area contributed by atoms with Gasteiger partial charge in [-0.25, -0.2) is 0 Å². The molecule has 6 nitrogen and oxygen atoms in total. The number of hydrogen-bond donors (Lipinski definition) is 2. The van der Waals surface area contributed by atoms with Crippen LogP contribution in [0.3, 0.4) is 0 Å². The quantitative estimate of drug-likeness (QED) is 0.896. The van der Waals surface area contributed by atoms with Crippen molar-refractivity contribution < 1.29 is 9.21 Å². The van der Waals surface area contributed by atoms with E-state index in [1.54, 1.807) is 18.4 Å². The van der Waals surface area contributed by atoms with Gasteiger partial charge >= 0.3 is 0 Å². The van der Waals surface area contributed by atoms with Gasteiger partial charge in [0, 0.05) is 5.41 Å². The van der Waals surface area contributed by atoms with Gasteiger partial charge in [0.15, 0.2) is 5.82 Å². The Balaban J connectivity index is 1.91. The zero-order valence-electron chi connectivity index (χ0n) is 11.8. The fourth-order valence-electron chi connectivity index (χ4n) is 1.39. The lowest BCUT2D eigenvalue weighted by atomic mass is 9.96. The summed E-state index contributed by atoms with van der Waals surface area (Å²) in [5.74, 6) is 1.78. The van der Waals surface area contributed by atoms with Crippen LogP contribution >= 0.6 is 0 Å². The summed E-state index contributed by atoms with van der Waals surface area (Å²) in [6.45, 7) is 6.06. The molecule has 2 heterocycles. The lowest BCUT2D eigenvalue weighted by Gasteiger charge is -2.16. The van der Waals surface area contributed by atoms with Crippen LogP contribution < -0.4 is 10.6 Å². The van der Waals surface area contributed by atoms with Crippen molar-refractivity contribution in [2.45, 2.75) is 27.3 Å². The van der Waals surface area contributed by atoms with Gasteiger partial charge in [0.2, 0.25) is 5.91 Å². The second kappa shape index (κ2) is 5.73. The van der Waals surface area contributed by atoms with E-state index in [4.69, 9.17) is 4.42 Å². The molecule has 0 atom stereocenters. The summed E-state index contributed by atoms with van der Waals surface area (Å²) in [7, 11) is 0. The van der Waals surface area contributed by atoms with E-state index in [0.29, 0.717) is 18.2 Å². The molecular weight excluding hydrogens is 256 g/mol. The second-order valence-corrected chi connectivity index (χ2v) is 5.44. The van der Waals surface area contributed by atoms with Crippen LogP contribution in [0.2, 0.25) is 0 Å². The number of anilines is 2. The van der Waals surface area contributed by atoms with Crippen molar-refractivity contribution in [1.82, 2.24) is 10.2 Å². The summed E-state index contributed by atoms with van der Waals surface area (Å²) in [5, 5.41) is 13.8. The minimum atomic E-state index is -0.460. The Hall–Kier alpha value is -2.37. The Labute approximate surface area is 117 Å². The highest BCUT2D eigenvalue weighted by Crippen LogP contribution is 2.16. The van der Waals surface area contributed by atoms with Gasteiger partial charge in [-0.2, -0.15) is 0 Å². The summed E-state index contributed by atoms with van der Waals surface area (Å²) in [6.07, 6.45) is 1.62. The molecule has 0 saturated heterocycles. The van der Waals surface area contributed by atoms with Crippen LogP contribution in [-0.2, 0) is 11.3 Å². The average Bonchev–Trinajstić information content (AvgIpc) is 2.90. The normalized spacial score (nSPS) is 11.2. The molecular formula is C14H18N4O2. The Kier molecular flexibility index (Phi) is 4.02. The van der Waals surface area contributed by atoms with Crippen LogP contribution in [0.15, 0.2) is 34.9 Å². The van der Waals surface area contributed by atoms with Crippen LogP contribution in [0.5, 0.6) is 0 Å². The molecule has 0 fully saturated rings. The molecule has 0 aliphatic rings. The Morgan fingerprint density at radius 1 is 1.20 bits per heavy atom. The summed E-state index contributed by atoms with van der Waals surface area (Å²) < 4.78 is 5.20. The van der Waals surface area contributed by atoms with E-state index >= 15 is 0 Å². The maximum absolute atomic E-state index is 11.8. The Morgan fingerprint density at radius 2 is 1.90 bits per heavy atom. The van der Waals surface area contributed by atoms with Gasteiger partial charge in [0.1, 0.15) is 11.6 Å². The molecule has 0 aromatic carbocycles. The first-order chi connectivity index (χ1) is 9.45. The molecule has 2 aromatic heterocycles. The van der Waals surface area contributed by atoms with Crippen LogP contribution in [0.25, 0.3) is 0 Å². The van der Waals surface area contributed by atoms with Crippen LogP contribution in [0.1, 0.15) is 26.5 Å². The third-order valence-corrected chi connectivity index (χ3v) is 2.61. The van der Waals surface area contributed by atoms with Crippen molar-refractivity contribution in [3.63, 3.8) is 0 Å². The topological polar surface area (TPSA) is 80.0 Å². The van der Waals surface area contributed by atoms with Crippen LogP contribution in [0, 0.1) is 5.41 Å². The highest BCUT2D eigenvalue weighted by atomic mass is 16.3. The van der Waals surface area contributed by atoms with E-state index in [2.05, 4.69) is 20.8 Å². The van der Waals surface area contributed by atoms with E-state index < -0.39 is 5.41 Å². The van der Waals surface area contributed by atoms with E-state index in [1.807, 2.05) is 32.9 Å². The molecule has 2 N–H and O–H groups in total. The van der Waals surface area contributed by atoms with Gasteiger partial charge in [-0.05, 0) is 24.3 Å². The van der Waals surface area contributed by atoms with Crippen LogP contribution in [-0.4, -0.2) is 16.1 Å². The maximum atomic E-state index is 11.8. The van der Waals surface area contributed by atoms with E-state index in [9.17, 15) is 4.79 Å². The average molecular weight is 274 g/mol. The highest BCUT2D eigenvalue weighted by molar-refractivity contribution is 5.93. The summed E-state index contributed by atoms with van der Waals surface area (Å²) in [5.41, 5.74) is -0.460. The summed E-state index contributed by atoms with van der Waals surface area (Å²) >= 11 is 0. The number of furan rings is 1. The minimum absolute atomic E-state index is 0.0944. The third-order valence-electron chi connectivity index (χ3n) is 2.61. The number of aromatic nitrogens is 2. The largest absolute Gasteiger partial charge is 0.467 e. The Morgan fingerprint density at radius 3 is 2.45 bits per heavy atom. The number of hydrogen-bond acceptors (Lipinski definition) is 5. The predicted octanol–water partition coefficient (Wildman–Crippen LogP) is 2.67. The third kappa shape index (κ3) is 3.81. The first-order valence-electron chi connectivity index (χ1n) is 6.36. The van der Waals surface area contributed by atoms with Crippen molar-refractivity contribution in [2.24, 2.45) is 5.41 Å². The number of rotatable bonds is 4. The van der Waals surface area contributed by atoms with E-state index in [1.165, 1.54) is 0 Å². The van der Waals surface area contributed by atoms with Crippen molar-refractivity contribution in [2.75, 3.05) is 10.6 Å². The molecule has 2 aromatic rings. The van der Waals surface area contributed by atoms with Crippen molar-refractivity contribution >= 4 is 17.5 Å². The number of nitrogens with one attached hydrogen (secondary N) is 2. The number of carbonyl (C=O) groups excluding carboxylic acids is 1. The Bertz CT molecular complexity index is 556. The number of carbonyl (C=O) groups is 1. The summed E-state index contributed by atoms with van der Waals surface area (Å²) in [4.78, 5) is 11.8. The van der Waals surface area contributed by atoms with Crippen LogP contribution in [0.4, 0.5) is 11.6 Å². The van der Waals surface area contributed by atoms with E-state index in [0.717, 1.165) is 5.76 Å². The SMILES string of the molecule is CC(C)(C)C(=O)Nc1ccc(NCc2ccco2)nn1. The number of amides is 1. The molecule has 0 radical (unpaired) electrons. The molecule has 0 bridgehead atoms. The lowest BCUT2D eigenvalue weighted by Crippen LogP contribution is -2.28. The van der Waals surface area contributed by atoms with Gasteiger partial charge in [0.25, 0.3) is 0 Å². The highest BCUT2D eigenvalue weighted by Gasteiger charge is 2.21. The molecule has 0 saturated carbocycles. The van der Waals surface area contributed by atoms with E-state index in [-0.39, 0.29) is 5.91 Å². The molecule has 0 aliphatic carbocycles. The first-order valence-corrected chi connectivity index (χ1v) is 6.36. The lowest BCUT2D eigenvalue weighted by molar-refractivity contribution is -0.123. The second-order valence-electron chi connectivity index (χ2n) is 5.44. The molecule has 106 valence electrons. The van der Waals surface area contributed by atoms with Gasteiger partial charge < -0.3 is 15.1 Å².